The molecule has 0 aromatic heterocycles. The van der Waals surface area contributed by atoms with Crippen molar-refractivity contribution in [2.45, 2.75) is 10.9 Å². The Morgan fingerprint density at radius 2 is 1.16 bits per heavy atom. The molecule has 4 heteroatoms. The fourth-order valence-electron chi connectivity index (χ4n) is 4.16. The lowest BCUT2D eigenvalue weighted by Crippen LogP contribution is -2.35. The third-order valence-corrected chi connectivity index (χ3v) is 7.92. The lowest BCUT2D eigenvalue weighted by molar-refractivity contribution is 0.410. The van der Waals surface area contributed by atoms with Crippen LogP contribution in [0.4, 0.5) is 0 Å². The molecule has 0 radical (unpaired) electrons. The number of benzene rings is 5. The summed E-state index contributed by atoms with van der Waals surface area (Å²) >= 11 is 0. The molecule has 1 unspecified atom stereocenters. The van der Waals surface area contributed by atoms with Crippen LogP contribution >= 0.6 is 0 Å². The second kappa shape index (κ2) is 11.6. The van der Waals surface area contributed by atoms with Gasteiger partial charge in [0, 0.05) is 11.1 Å². The highest BCUT2D eigenvalue weighted by atomic mass is 32.2. The van der Waals surface area contributed by atoms with Gasteiger partial charge in [-0.2, -0.15) is 4.31 Å². The summed E-state index contributed by atoms with van der Waals surface area (Å²) in [5.41, 5.74) is 2.42. The topological polar surface area (TPSA) is 37.4 Å². The van der Waals surface area contributed by atoms with Crippen molar-refractivity contribution < 1.29 is 8.42 Å². The fraction of sp³-hybridized carbons (Fsp3) is 0.0588. The molecule has 0 aliphatic rings. The first-order valence-corrected chi connectivity index (χ1v) is 13.7. The molecule has 0 heterocycles. The third-order valence-electron chi connectivity index (χ3n) is 6.10. The molecule has 5 aromatic carbocycles. The van der Waals surface area contributed by atoms with Crippen LogP contribution in [-0.2, 0) is 10.0 Å². The van der Waals surface area contributed by atoms with Crippen LogP contribution in [0.25, 0.3) is 10.8 Å². The van der Waals surface area contributed by atoms with Crippen molar-refractivity contribution in [1.82, 2.24) is 4.31 Å². The Bertz CT molecular complexity index is 1760. The molecular weight excluding hydrogens is 486 g/mol. The standard InChI is InChI=1S/C34H25NO2S/c36-38(37,33-20-8-3-9-21-33)35(26-12-17-28-13-4-1-5-14-28)34(25-22-29-15-6-2-7-16-29)32-24-23-30-18-10-11-19-31(30)27-32/h1-11,13-16,18-21,23-24,27,34H,26H2. The van der Waals surface area contributed by atoms with Crippen molar-refractivity contribution in [2.24, 2.45) is 0 Å². The van der Waals surface area contributed by atoms with E-state index in [2.05, 4.69) is 23.7 Å². The summed E-state index contributed by atoms with van der Waals surface area (Å²) in [6.45, 7) is -0.0207. The SMILES string of the molecule is O=S(=O)(c1ccccc1)N(CC#Cc1ccccc1)C(C#Cc1ccccc1)c1ccc2ccccc2c1. The summed E-state index contributed by atoms with van der Waals surface area (Å²) < 4.78 is 29.5. The Labute approximate surface area is 224 Å². The van der Waals surface area contributed by atoms with E-state index in [1.807, 2.05) is 103 Å². The van der Waals surface area contributed by atoms with Gasteiger partial charge in [0.05, 0.1) is 11.4 Å². The van der Waals surface area contributed by atoms with Crippen molar-refractivity contribution in [1.29, 1.82) is 0 Å². The molecule has 5 rings (SSSR count). The van der Waals surface area contributed by atoms with Crippen LogP contribution in [0.5, 0.6) is 0 Å². The van der Waals surface area contributed by atoms with Gasteiger partial charge in [-0.3, -0.25) is 0 Å². The van der Waals surface area contributed by atoms with E-state index >= 15 is 0 Å². The average Bonchev–Trinajstić information content (AvgIpc) is 2.97. The first-order valence-electron chi connectivity index (χ1n) is 12.3. The predicted molar refractivity (Wildman–Crippen MR) is 154 cm³/mol. The normalized spacial score (nSPS) is 11.7. The molecule has 184 valence electrons. The van der Waals surface area contributed by atoms with E-state index in [1.54, 1.807) is 30.3 Å². The second-order valence-electron chi connectivity index (χ2n) is 8.68. The Morgan fingerprint density at radius 3 is 1.82 bits per heavy atom. The van der Waals surface area contributed by atoms with Crippen molar-refractivity contribution >= 4 is 20.8 Å². The van der Waals surface area contributed by atoms with E-state index in [0.717, 1.165) is 27.5 Å². The van der Waals surface area contributed by atoms with E-state index in [1.165, 1.54) is 4.31 Å². The number of rotatable bonds is 5. The van der Waals surface area contributed by atoms with E-state index in [4.69, 9.17) is 0 Å². The highest BCUT2D eigenvalue weighted by molar-refractivity contribution is 7.89. The van der Waals surface area contributed by atoms with Crippen LogP contribution in [-0.4, -0.2) is 19.3 Å². The highest BCUT2D eigenvalue weighted by Crippen LogP contribution is 2.29. The molecule has 3 nitrogen and oxygen atoms in total. The zero-order valence-electron chi connectivity index (χ0n) is 20.7. The summed E-state index contributed by atoms with van der Waals surface area (Å²) in [7, 11) is -3.93. The third kappa shape index (κ3) is 5.85. The van der Waals surface area contributed by atoms with Gasteiger partial charge in [0.25, 0.3) is 0 Å². The van der Waals surface area contributed by atoms with Gasteiger partial charge in [-0.1, -0.05) is 115 Å². The Morgan fingerprint density at radius 1 is 0.605 bits per heavy atom. The number of sulfonamides is 1. The van der Waals surface area contributed by atoms with E-state index in [9.17, 15) is 8.42 Å². The van der Waals surface area contributed by atoms with Crippen LogP contribution in [0.15, 0.2) is 138 Å². The van der Waals surface area contributed by atoms with E-state index < -0.39 is 16.1 Å². The van der Waals surface area contributed by atoms with Crippen LogP contribution in [0, 0.1) is 23.7 Å². The lowest BCUT2D eigenvalue weighted by Gasteiger charge is -2.26. The monoisotopic (exact) mass is 511 g/mol. The summed E-state index contributed by atoms with van der Waals surface area (Å²) in [5.74, 6) is 12.7. The molecule has 0 aliphatic carbocycles. The molecule has 0 aliphatic heterocycles. The smallest absolute Gasteiger partial charge is 0.207 e. The molecule has 0 bridgehead atoms. The van der Waals surface area contributed by atoms with E-state index in [0.29, 0.717) is 0 Å². The molecular formula is C34H25NO2S. The minimum absolute atomic E-state index is 0.0207. The second-order valence-corrected chi connectivity index (χ2v) is 10.6. The average molecular weight is 512 g/mol. The Kier molecular flexibility index (Phi) is 7.67. The maximum absolute atomic E-state index is 14.1. The zero-order valence-corrected chi connectivity index (χ0v) is 21.5. The summed E-state index contributed by atoms with van der Waals surface area (Å²) in [4.78, 5) is 0.203. The molecule has 0 amide bonds. The van der Waals surface area contributed by atoms with Crippen molar-refractivity contribution in [3.05, 3.63) is 150 Å². The van der Waals surface area contributed by atoms with E-state index in [-0.39, 0.29) is 11.4 Å². The van der Waals surface area contributed by atoms with Crippen molar-refractivity contribution in [3.63, 3.8) is 0 Å². The maximum Gasteiger partial charge on any atom is 0.245 e. The molecule has 0 spiro atoms. The van der Waals surface area contributed by atoms with Gasteiger partial charge in [-0.05, 0) is 58.8 Å². The number of hydrogen-bond acceptors (Lipinski definition) is 2. The van der Waals surface area contributed by atoms with Gasteiger partial charge in [-0.25, -0.2) is 8.42 Å². The summed E-state index contributed by atoms with van der Waals surface area (Å²) in [6, 6.07) is 40.8. The Hall–Kier alpha value is -4.61. The maximum atomic E-state index is 14.1. The van der Waals surface area contributed by atoms with Crippen LogP contribution in [0.3, 0.4) is 0 Å². The van der Waals surface area contributed by atoms with Gasteiger partial charge >= 0.3 is 0 Å². The highest BCUT2D eigenvalue weighted by Gasteiger charge is 2.31. The van der Waals surface area contributed by atoms with Crippen LogP contribution < -0.4 is 0 Å². The van der Waals surface area contributed by atoms with Gasteiger partial charge in [0.15, 0.2) is 0 Å². The number of nitrogens with zero attached hydrogens (tertiary/aromatic N) is 1. The molecule has 0 saturated carbocycles. The molecule has 0 saturated heterocycles. The van der Waals surface area contributed by atoms with Crippen molar-refractivity contribution in [3.8, 4) is 23.7 Å². The number of fused-ring (bicyclic) bond motifs is 1. The largest absolute Gasteiger partial charge is 0.245 e. The first-order chi connectivity index (χ1) is 18.6. The van der Waals surface area contributed by atoms with Crippen molar-refractivity contribution in [2.75, 3.05) is 6.54 Å². The zero-order chi connectivity index (χ0) is 26.2. The van der Waals surface area contributed by atoms with Crippen LogP contribution in [0.2, 0.25) is 0 Å². The molecule has 1 atom stereocenters. The Balaban J connectivity index is 1.65. The predicted octanol–water partition coefficient (Wildman–Crippen LogP) is 6.68. The molecule has 0 N–H and O–H groups in total. The fourth-order valence-corrected chi connectivity index (χ4v) is 5.61. The minimum Gasteiger partial charge on any atom is -0.207 e. The molecule has 38 heavy (non-hydrogen) atoms. The summed E-state index contributed by atoms with van der Waals surface area (Å²) in [5, 5.41) is 2.09. The first kappa shape index (κ1) is 25.1. The lowest BCUT2D eigenvalue weighted by atomic mass is 10.0. The summed E-state index contributed by atoms with van der Waals surface area (Å²) in [6.07, 6.45) is 0. The number of hydrogen-bond donors (Lipinski definition) is 0. The molecule has 5 aromatic rings. The van der Waals surface area contributed by atoms with Gasteiger partial charge in [-0.15, -0.1) is 0 Å². The van der Waals surface area contributed by atoms with Gasteiger partial charge < -0.3 is 0 Å². The van der Waals surface area contributed by atoms with Crippen LogP contribution in [0.1, 0.15) is 22.7 Å². The van der Waals surface area contributed by atoms with Gasteiger partial charge in [0.2, 0.25) is 10.0 Å². The quantitative estimate of drug-likeness (QED) is 0.247. The van der Waals surface area contributed by atoms with Gasteiger partial charge in [0.1, 0.15) is 6.04 Å². The minimum atomic E-state index is -3.93. The molecule has 0 fully saturated rings.